The van der Waals surface area contributed by atoms with Crippen molar-refractivity contribution in [1.82, 2.24) is 15.1 Å². The lowest BCUT2D eigenvalue weighted by molar-refractivity contribution is -0.129. The number of nitrogens with zero attached hydrogens (tertiary/aromatic N) is 4. The third-order valence-electron chi connectivity index (χ3n) is 3.28. The van der Waals surface area contributed by atoms with Crippen LogP contribution in [0.1, 0.15) is 13.3 Å². The first-order chi connectivity index (χ1) is 7.65. The van der Waals surface area contributed by atoms with E-state index < -0.39 is 0 Å². The minimum Gasteiger partial charge on any atom is -0.340 e. The number of fused-ring (bicyclic) bond motifs is 2. The fraction of sp³-hybridized carbons (Fsp3) is 0.667. The lowest BCUT2D eigenvalue weighted by Crippen LogP contribution is -2.48. The highest BCUT2D eigenvalue weighted by atomic mass is 79.9. The molecule has 2 fully saturated rings. The summed E-state index contributed by atoms with van der Waals surface area (Å²) in [6.07, 6.45) is 1.07. The summed E-state index contributed by atoms with van der Waals surface area (Å²) < 4.78 is 0.814. The molecule has 0 spiro atoms. The Labute approximate surface area is 106 Å². The predicted octanol–water partition coefficient (Wildman–Crippen LogP) is 1.11. The van der Waals surface area contributed by atoms with E-state index in [1.165, 1.54) is 0 Å². The molecule has 0 aromatic carbocycles. The number of amides is 1. The summed E-state index contributed by atoms with van der Waals surface area (Å²) in [7, 11) is 0. The van der Waals surface area contributed by atoms with Crippen molar-refractivity contribution in [2.75, 3.05) is 18.0 Å². The van der Waals surface area contributed by atoms with Crippen molar-refractivity contribution < 1.29 is 4.79 Å². The van der Waals surface area contributed by atoms with Gasteiger partial charge in [0.1, 0.15) is 0 Å². The Morgan fingerprint density at radius 2 is 2.25 bits per heavy atom. The van der Waals surface area contributed by atoms with Crippen molar-refractivity contribution >= 4 is 38.3 Å². The Kier molecular flexibility index (Phi) is 2.39. The maximum Gasteiger partial charge on any atom is 0.219 e. The molecule has 7 heteroatoms. The van der Waals surface area contributed by atoms with Gasteiger partial charge in [-0.2, -0.15) is 0 Å². The number of hydrogen-bond acceptors (Lipinski definition) is 5. The van der Waals surface area contributed by atoms with Crippen molar-refractivity contribution in [1.29, 1.82) is 0 Å². The Hall–Kier alpha value is -0.690. The first-order valence-electron chi connectivity index (χ1n) is 5.18. The van der Waals surface area contributed by atoms with Crippen LogP contribution >= 0.6 is 27.3 Å². The average molecular weight is 303 g/mol. The Balaban J connectivity index is 1.78. The largest absolute Gasteiger partial charge is 0.340 e. The zero-order valence-electron chi connectivity index (χ0n) is 8.76. The van der Waals surface area contributed by atoms with Crippen LogP contribution in [0.15, 0.2) is 3.92 Å². The summed E-state index contributed by atoms with van der Waals surface area (Å²) >= 11 is 4.87. The number of carbonyl (C=O) groups excluding carboxylic acids is 1. The molecule has 1 aromatic heterocycles. The van der Waals surface area contributed by atoms with Gasteiger partial charge >= 0.3 is 0 Å². The fourth-order valence-electron chi connectivity index (χ4n) is 2.60. The predicted molar refractivity (Wildman–Crippen MR) is 64.5 cm³/mol. The van der Waals surface area contributed by atoms with Crippen molar-refractivity contribution in [3.63, 3.8) is 0 Å². The summed E-state index contributed by atoms with van der Waals surface area (Å²) in [5, 5.41) is 9.05. The molecule has 5 nitrogen and oxygen atoms in total. The summed E-state index contributed by atoms with van der Waals surface area (Å²) in [6.45, 7) is 3.37. The van der Waals surface area contributed by atoms with Crippen LogP contribution in [0.3, 0.4) is 0 Å². The standard InChI is InChI=1S/C9H11BrN4OS/c1-5(15)13-3-7-2-6(13)4-14(7)9-12-11-8(10)16-9/h6-7H,2-4H2,1H3/t6-,7-/m0/s1. The SMILES string of the molecule is CC(=O)N1C[C@@H]2C[C@H]1CN2c1nnc(Br)s1. The molecular formula is C9H11BrN4OS. The van der Waals surface area contributed by atoms with Crippen LogP contribution < -0.4 is 4.90 Å². The maximum atomic E-state index is 11.4. The number of halogens is 1. The van der Waals surface area contributed by atoms with E-state index in [2.05, 4.69) is 31.0 Å². The van der Waals surface area contributed by atoms with E-state index >= 15 is 0 Å². The topological polar surface area (TPSA) is 49.3 Å². The van der Waals surface area contributed by atoms with Gasteiger partial charge in [-0.25, -0.2) is 0 Å². The monoisotopic (exact) mass is 302 g/mol. The number of aromatic nitrogens is 2. The number of carbonyl (C=O) groups is 1. The van der Waals surface area contributed by atoms with Crippen LogP contribution in [0.5, 0.6) is 0 Å². The van der Waals surface area contributed by atoms with Gasteiger partial charge in [0.25, 0.3) is 0 Å². The molecule has 16 heavy (non-hydrogen) atoms. The van der Waals surface area contributed by atoms with E-state index in [9.17, 15) is 4.79 Å². The molecule has 0 unspecified atom stereocenters. The summed E-state index contributed by atoms with van der Waals surface area (Å²) in [6, 6.07) is 0.791. The van der Waals surface area contributed by atoms with Crippen LogP contribution in [0.4, 0.5) is 5.13 Å². The number of anilines is 1. The Morgan fingerprint density at radius 3 is 2.75 bits per heavy atom. The van der Waals surface area contributed by atoms with E-state index in [4.69, 9.17) is 0 Å². The molecule has 0 N–H and O–H groups in total. The molecule has 2 aliphatic rings. The molecule has 2 aliphatic heterocycles. The van der Waals surface area contributed by atoms with E-state index in [-0.39, 0.29) is 5.91 Å². The van der Waals surface area contributed by atoms with Gasteiger partial charge in [0, 0.05) is 20.0 Å². The minimum absolute atomic E-state index is 0.186. The van der Waals surface area contributed by atoms with Gasteiger partial charge in [-0.1, -0.05) is 11.3 Å². The van der Waals surface area contributed by atoms with Crippen molar-refractivity contribution in [2.24, 2.45) is 0 Å². The van der Waals surface area contributed by atoms with Gasteiger partial charge in [0.05, 0.1) is 12.1 Å². The molecule has 0 saturated carbocycles. The highest BCUT2D eigenvalue weighted by Crippen LogP contribution is 2.36. The van der Waals surface area contributed by atoms with Gasteiger partial charge in [-0.3, -0.25) is 4.79 Å². The Bertz CT molecular complexity index is 437. The molecule has 3 heterocycles. The van der Waals surface area contributed by atoms with Crippen LogP contribution in [-0.2, 0) is 4.79 Å². The highest BCUT2D eigenvalue weighted by molar-refractivity contribution is 9.11. The van der Waals surface area contributed by atoms with Gasteiger partial charge < -0.3 is 9.80 Å². The smallest absolute Gasteiger partial charge is 0.219 e. The quantitative estimate of drug-likeness (QED) is 0.780. The van der Waals surface area contributed by atoms with Gasteiger partial charge in [-0.05, 0) is 22.4 Å². The fourth-order valence-corrected chi connectivity index (χ4v) is 3.77. The molecule has 0 aliphatic carbocycles. The lowest BCUT2D eigenvalue weighted by atomic mass is 10.2. The van der Waals surface area contributed by atoms with Crippen LogP contribution in [-0.4, -0.2) is 46.2 Å². The van der Waals surface area contributed by atoms with Crippen molar-refractivity contribution in [2.45, 2.75) is 25.4 Å². The number of hydrogen-bond donors (Lipinski definition) is 0. The van der Waals surface area contributed by atoms with Gasteiger partial charge in [0.2, 0.25) is 11.0 Å². The van der Waals surface area contributed by atoms with E-state index in [0.29, 0.717) is 12.1 Å². The second kappa shape index (κ2) is 3.66. The van der Waals surface area contributed by atoms with Crippen molar-refractivity contribution in [3.8, 4) is 0 Å². The van der Waals surface area contributed by atoms with E-state index in [1.807, 2.05) is 4.90 Å². The van der Waals surface area contributed by atoms with Crippen LogP contribution in [0.25, 0.3) is 0 Å². The number of rotatable bonds is 1. The second-order valence-corrected chi connectivity index (χ2v) is 6.44. The summed E-state index contributed by atoms with van der Waals surface area (Å²) in [5.41, 5.74) is 0. The van der Waals surface area contributed by atoms with E-state index in [0.717, 1.165) is 28.6 Å². The number of likely N-dealkylation sites (tertiary alicyclic amines) is 1. The zero-order chi connectivity index (χ0) is 11.3. The maximum absolute atomic E-state index is 11.4. The summed E-state index contributed by atoms with van der Waals surface area (Å²) in [5.74, 6) is 0.186. The average Bonchev–Trinajstić information content (AvgIpc) is 2.89. The van der Waals surface area contributed by atoms with Crippen molar-refractivity contribution in [3.05, 3.63) is 3.92 Å². The first kappa shape index (κ1) is 10.5. The normalized spacial score (nSPS) is 27.9. The molecule has 1 aromatic rings. The summed E-state index contributed by atoms with van der Waals surface area (Å²) in [4.78, 5) is 15.6. The van der Waals surface area contributed by atoms with Gasteiger partial charge in [-0.15, -0.1) is 10.2 Å². The molecule has 2 atom stereocenters. The lowest BCUT2D eigenvalue weighted by Gasteiger charge is -2.33. The second-order valence-electron chi connectivity index (χ2n) is 4.20. The highest BCUT2D eigenvalue weighted by Gasteiger charge is 2.45. The zero-order valence-corrected chi connectivity index (χ0v) is 11.2. The first-order valence-corrected chi connectivity index (χ1v) is 6.79. The van der Waals surface area contributed by atoms with Crippen LogP contribution in [0.2, 0.25) is 0 Å². The molecule has 1 amide bonds. The van der Waals surface area contributed by atoms with Crippen LogP contribution in [0, 0.1) is 0 Å². The third kappa shape index (κ3) is 1.53. The molecule has 2 bridgehead atoms. The molecule has 86 valence electrons. The van der Waals surface area contributed by atoms with E-state index in [1.54, 1.807) is 18.3 Å². The molecular weight excluding hydrogens is 292 g/mol. The molecule has 3 rings (SSSR count). The van der Waals surface area contributed by atoms with Gasteiger partial charge in [0.15, 0.2) is 3.92 Å². The minimum atomic E-state index is 0.186. The molecule has 2 saturated heterocycles. The molecule has 0 radical (unpaired) electrons. The number of piperazine rings is 1. The third-order valence-corrected chi connectivity index (χ3v) is 4.67. The Morgan fingerprint density at radius 1 is 1.44 bits per heavy atom.